The number of amides is 1. The lowest BCUT2D eigenvalue weighted by molar-refractivity contribution is -0.138. The number of hydrogen-bond donors (Lipinski definition) is 2. The van der Waals surface area contributed by atoms with Crippen LogP contribution in [0.25, 0.3) is 0 Å². The van der Waals surface area contributed by atoms with E-state index in [9.17, 15) is 4.79 Å². The van der Waals surface area contributed by atoms with Gasteiger partial charge in [0.15, 0.2) is 0 Å². The number of nitrogens with zero attached hydrogens (tertiary/aromatic N) is 1. The number of carbonyl (C=O) groups is 1. The Labute approximate surface area is 117 Å². The number of aliphatic hydroxyl groups is 1. The molecule has 19 heavy (non-hydrogen) atoms. The number of likely N-dealkylation sites (N-methyl/N-ethyl adjacent to an activating group) is 1. The Morgan fingerprint density at radius 2 is 2.58 bits per heavy atom. The van der Waals surface area contributed by atoms with Gasteiger partial charge in [-0.15, -0.1) is 11.3 Å². The van der Waals surface area contributed by atoms with Crippen LogP contribution >= 0.6 is 11.3 Å². The highest BCUT2D eigenvalue weighted by atomic mass is 32.1. The number of nitrogens with one attached hydrogen (secondary N) is 1. The molecule has 1 aromatic rings. The zero-order valence-corrected chi connectivity index (χ0v) is 11.9. The summed E-state index contributed by atoms with van der Waals surface area (Å²) in [5.41, 5.74) is 0. The molecule has 0 radical (unpaired) electrons. The Morgan fingerprint density at radius 3 is 3.21 bits per heavy atom. The normalized spacial score (nSPS) is 22.1. The van der Waals surface area contributed by atoms with Gasteiger partial charge in [0.2, 0.25) is 0 Å². The van der Waals surface area contributed by atoms with Gasteiger partial charge >= 0.3 is 0 Å². The van der Waals surface area contributed by atoms with Crippen molar-refractivity contribution in [1.82, 2.24) is 10.2 Å². The van der Waals surface area contributed by atoms with Crippen LogP contribution < -0.4 is 5.32 Å². The first kappa shape index (κ1) is 14.5. The maximum Gasteiger partial charge on any atom is 0.250 e. The van der Waals surface area contributed by atoms with Crippen molar-refractivity contribution in [1.29, 1.82) is 0 Å². The van der Waals surface area contributed by atoms with Crippen LogP contribution in [0, 0.1) is 0 Å². The van der Waals surface area contributed by atoms with Gasteiger partial charge in [0.1, 0.15) is 6.10 Å². The summed E-state index contributed by atoms with van der Waals surface area (Å²) in [5, 5.41) is 14.1. The Hall–Kier alpha value is -0.950. The molecule has 106 valence electrons. The molecule has 2 heterocycles. The maximum atomic E-state index is 12.2. The second-order valence-electron chi connectivity index (χ2n) is 4.71. The molecule has 1 aromatic heterocycles. The average Bonchev–Trinajstić information content (AvgIpc) is 2.92. The summed E-state index contributed by atoms with van der Waals surface area (Å²) < 4.78 is 5.49. The van der Waals surface area contributed by atoms with E-state index in [4.69, 9.17) is 9.84 Å². The summed E-state index contributed by atoms with van der Waals surface area (Å²) in [6, 6.07) is 3.79. The number of hydrogen-bond acceptors (Lipinski definition) is 5. The third kappa shape index (κ3) is 4.01. The van der Waals surface area contributed by atoms with Crippen LogP contribution in [0.1, 0.15) is 17.3 Å². The van der Waals surface area contributed by atoms with Gasteiger partial charge in [-0.05, 0) is 24.9 Å². The number of aliphatic hydroxyl groups excluding tert-OH is 1. The van der Waals surface area contributed by atoms with Gasteiger partial charge in [-0.1, -0.05) is 6.07 Å². The zero-order chi connectivity index (χ0) is 13.7. The van der Waals surface area contributed by atoms with Crippen LogP contribution in [0.4, 0.5) is 0 Å². The Kier molecular flexibility index (Phi) is 5.33. The molecule has 2 N–H and O–H groups in total. The van der Waals surface area contributed by atoms with Crippen LogP contribution in [-0.4, -0.2) is 55.4 Å². The summed E-state index contributed by atoms with van der Waals surface area (Å²) in [6.45, 7) is 2.10. The third-order valence-electron chi connectivity index (χ3n) is 3.18. The largest absolute Gasteiger partial charge is 0.396 e. The monoisotopic (exact) mass is 284 g/mol. The van der Waals surface area contributed by atoms with Gasteiger partial charge in [-0.25, -0.2) is 0 Å². The highest BCUT2D eigenvalue weighted by Crippen LogP contribution is 2.22. The minimum absolute atomic E-state index is 0.0499. The molecule has 1 aliphatic heterocycles. The van der Waals surface area contributed by atoms with Gasteiger partial charge in [0.25, 0.3) is 5.91 Å². The second-order valence-corrected chi connectivity index (χ2v) is 5.69. The van der Waals surface area contributed by atoms with Crippen molar-refractivity contribution >= 4 is 17.2 Å². The molecular weight excluding hydrogens is 264 g/mol. The molecule has 1 aliphatic rings. The van der Waals surface area contributed by atoms with Gasteiger partial charge in [0.05, 0.1) is 12.6 Å². The minimum Gasteiger partial charge on any atom is -0.396 e. The van der Waals surface area contributed by atoms with E-state index in [0.717, 1.165) is 11.4 Å². The molecule has 0 aromatic carbocycles. The third-order valence-corrected chi connectivity index (χ3v) is 4.17. The fourth-order valence-corrected chi connectivity index (χ4v) is 2.92. The Balaban J connectivity index is 1.95. The van der Waals surface area contributed by atoms with E-state index >= 15 is 0 Å². The van der Waals surface area contributed by atoms with Crippen LogP contribution in [0.2, 0.25) is 0 Å². The molecule has 0 aliphatic carbocycles. The lowest BCUT2D eigenvalue weighted by Gasteiger charge is -2.30. The summed E-state index contributed by atoms with van der Waals surface area (Å²) in [6.07, 6.45) is 0.106. The molecule has 1 saturated heterocycles. The van der Waals surface area contributed by atoms with Gasteiger partial charge in [-0.3, -0.25) is 4.79 Å². The average molecular weight is 284 g/mol. The molecule has 0 spiro atoms. The van der Waals surface area contributed by atoms with Crippen molar-refractivity contribution in [3.63, 3.8) is 0 Å². The maximum absolute atomic E-state index is 12.2. The van der Waals surface area contributed by atoms with E-state index in [1.807, 2.05) is 24.6 Å². The first-order valence-electron chi connectivity index (χ1n) is 6.45. The van der Waals surface area contributed by atoms with Crippen molar-refractivity contribution in [2.45, 2.75) is 18.6 Å². The molecule has 2 rings (SSSR count). The lowest BCUT2D eigenvalue weighted by atomic mass is 10.1. The highest BCUT2D eigenvalue weighted by molar-refractivity contribution is 7.10. The van der Waals surface area contributed by atoms with Crippen molar-refractivity contribution in [2.24, 2.45) is 0 Å². The molecular formula is C13H20N2O3S. The molecule has 5 nitrogen and oxygen atoms in total. The first-order chi connectivity index (χ1) is 9.20. The van der Waals surface area contributed by atoms with E-state index < -0.39 is 6.10 Å². The van der Waals surface area contributed by atoms with E-state index in [-0.39, 0.29) is 18.6 Å². The molecule has 0 bridgehead atoms. The Morgan fingerprint density at radius 1 is 1.74 bits per heavy atom. The number of ether oxygens (including phenoxy) is 1. The number of thiophene rings is 1. The molecule has 2 atom stereocenters. The summed E-state index contributed by atoms with van der Waals surface area (Å²) in [4.78, 5) is 15.3. The predicted octanol–water partition coefficient (Wildman–Crippen LogP) is 0.618. The van der Waals surface area contributed by atoms with Crippen molar-refractivity contribution in [3.05, 3.63) is 22.4 Å². The van der Waals surface area contributed by atoms with Crippen molar-refractivity contribution in [2.75, 3.05) is 33.4 Å². The summed E-state index contributed by atoms with van der Waals surface area (Å²) in [5.74, 6) is -0.0987. The topological polar surface area (TPSA) is 61.8 Å². The van der Waals surface area contributed by atoms with Crippen LogP contribution in [0.5, 0.6) is 0 Å². The standard InChI is InChI=1S/C13H20N2O3S/c1-15-5-7-18-11(9-15)13(17)14-10(4-6-16)12-3-2-8-19-12/h2-3,8,10-11,16H,4-7,9H2,1H3,(H,14,17)/t10-,11+/m0/s1. The summed E-state index contributed by atoms with van der Waals surface area (Å²) >= 11 is 1.58. The molecule has 0 unspecified atom stereocenters. The lowest BCUT2D eigenvalue weighted by Crippen LogP contribution is -2.49. The van der Waals surface area contributed by atoms with Gasteiger partial charge < -0.3 is 20.1 Å². The van der Waals surface area contributed by atoms with E-state index in [1.165, 1.54) is 0 Å². The first-order valence-corrected chi connectivity index (χ1v) is 7.33. The SMILES string of the molecule is CN1CCO[C@@H](C(=O)N[C@@H](CCO)c2cccs2)C1. The molecule has 0 saturated carbocycles. The van der Waals surface area contributed by atoms with E-state index in [0.29, 0.717) is 19.6 Å². The minimum atomic E-state index is -0.417. The Bertz CT molecular complexity index is 397. The van der Waals surface area contributed by atoms with Crippen LogP contribution in [0.3, 0.4) is 0 Å². The second kappa shape index (κ2) is 7.00. The predicted molar refractivity (Wildman–Crippen MR) is 74.1 cm³/mol. The zero-order valence-electron chi connectivity index (χ0n) is 11.0. The van der Waals surface area contributed by atoms with Crippen molar-refractivity contribution in [3.8, 4) is 0 Å². The van der Waals surface area contributed by atoms with E-state index in [1.54, 1.807) is 11.3 Å². The fraction of sp³-hybridized carbons (Fsp3) is 0.615. The van der Waals surface area contributed by atoms with Crippen LogP contribution in [-0.2, 0) is 9.53 Å². The quantitative estimate of drug-likeness (QED) is 0.832. The number of carbonyl (C=O) groups excluding carboxylic acids is 1. The highest BCUT2D eigenvalue weighted by Gasteiger charge is 2.27. The fourth-order valence-electron chi connectivity index (χ4n) is 2.11. The van der Waals surface area contributed by atoms with Crippen LogP contribution in [0.15, 0.2) is 17.5 Å². The molecule has 1 amide bonds. The smallest absolute Gasteiger partial charge is 0.250 e. The molecule has 6 heteroatoms. The van der Waals surface area contributed by atoms with Gasteiger partial charge in [-0.2, -0.15) is 0 Å². The number of morpholine rings is 1. The molecule has 1 fully saturated rings. The van der Waals surface area contributed by atoms with Gasteiger partial charge in [0, 0.05) is 24.6 Å². The summed E-state index contributed by atoms with van der Waals surface area (Å²) in [7, 11) is 1.98. The van der Waals surface area contributed by atoms with E-state index in [2.05, 4.69) is 10.2 Å². The van der Waals surface area contributed by atoms with Crippen molar-refractivity contribution < 1.29 is 14.6 Å². The number of rotatable bonds is 5.